The van der Waals surface area contributed by atoms with Crippen LogP contribution >= 0.6 is 0 Å². The highest BCUT2D eigenvalue weighted by Crippen LogP contribution is 2.38. The largest absolute Gasteiger partial charge is 0.474 e. The number of ether oxygens (including phenoxy) is 1. The van der Waals surface area contributed by atoms with Crippen LogP contribution in [0.15, 0.2) is 42.9 Å². The number of carbonyl (C=O) groups excluding carboxylic acids is 1. The van der Waals surface area contributed by atoms with Crippen LogP contribution in [0.2, 0.25) is 0 Å². The van der Waals surface area contributed by atoms with Crippen LogP contribution in [-0.4, -0.2) is 39.0 Å². The van der Waals surface area contributed by atoms with E-state index in [0.29, 0.717) is 11.4 Å². The molecule has 0 aromatic carbocycles. The van der Waals surface area contributed by atoms with E-state index < -0.39 is 5.82 Å². The predicted octanol–water partition coefficient (Wildman–Crippen LogP) is 2.83. The molecule has 0 unspecified atom stereocenters. The van der Waals surface area contributed by atoms with Crippen molar-refractivity contribution in [3.8, 4) is 5.88 Å². The van der Waals surface area contributed by atoms with Crippen molar-refractivity contribution in [3.05, 3.63) is 54.2 Å². The van der Waals surface area contributed by atoms with Crippen molar-refractivity contribution in [2.75, 3.05) is 0 Å². The van der Waals surface area contributed by atoms with Gasteiger partial charge in [0.25, 0.3) is 5.91 Å². The monoisotopic (exact) mass is 327 g/mol. The number of fused-ring (bicyclic) bond motifs is 2. The van der Waals surface area contributed by atoms with Gasteiger partial charge < -0.3 is 9.64 Å². The molecule has 0 N–H and O–H groups in total. The molecule has 1 amide bonds. The molecular weight excluding hydrogens is 309 g/mol. The molecule has 2 aliphatic heterocycles. The van der Waals surface area contributed by atoms with Crippen molar-refractivity contribution in [2.24, 2.45) is 0 Å². The molecule has 2 aromatic heterocycles. The van der Waals surface area contributed by atoms with Gasteiger partial charge in [0, 0.05) is 43.4 Å². The minimum atomic E-state index is -0.485. The summed E-state index contributed by atoms with van der Waals surface area (Å²) < 4.78 is 19.3. The van der Waals surface area contributed by atoms with Crippen LogP contribution in [-0.2, 0) is 0 Å². The smallest absolute Gasteiger partial charge is 0.256 e. The number of pyridine rings is 2. The third kappa shape index (κ3) is 2.84. The maximum atomic E-state index is 13.3. The number of hydrogen-bond donors (Lipinski definition) is 0. The van der Waals surface area contributed by atoms with Gasteiger partial charge in [-0.1, -0.05) is 6.07 Å². The molecule has 24 heavy (non-hydrogen) atoms. The van der Waals surface area contributed by atoms with E-state index >= 15 is 0 Å². The molecule has 2 aliphatic rings. The van der Waals surface area contributed by atoms with E-state index in [1.165, 1.54) is 12.3 Å². The second kappa shape index (κ2) is 6.19. The van der Waals surface area contributed by atoms with Gasteiger partial charge in [0.1, 0.15) is 11.9 Å². The third-order valence-corrected chi connectivity index (χ3v) is 4.80. The van der Waals surface area contributed by atoms with Crippen molar-refractivity contribution < 1.29 is 13.9 Å². The Kier molecular flexibility index (Phi) is 3.88. The standard InChI is InChI=1S/C18H18FN3O2/c19-13-7-12(10-20-11-13)18(23)22-14-4-5-15(22)9-16(8-14)24-17-3-1-2-6-21-17/h1-3,6-7,10-11,14-16H,4-5,8-9H2/t14-,15-/m0/s1. The van der Waals surface area contributed by atoms with Crippen molar-refractivity contribution in [1.29, 1.82) is 0 Å². The number of nitrogens with zero attached hydrogens (tertiary/aromatic N) is 3. The number of halogens is 1. The lowest BCUT2D eigenvalue weighted by atomic mass is 9.98. The van der Waals surface area contributed by atoms with E-state index in [2.05, 4.69) is 9.97 Å². The topological polar surface area (TPSA) is 55.3 Å². The molecule has 5 nitrogen and oxygen atoms in total. The summed E-state index contributed by atoms with van der Waals surface area (Å²) >= 11 is 0. The minimum Gasteiger partial charge on any atom is -0.474 e. The van der Waals surface area contributed by atoms with Crippen LogP contribution in [0.3, 0.4) is 0 Å². The summed E-state index contributed by atoms with van der Waals surface area (Å²) in [5, 5.41) is 0. The average molecular weight is 327 g/mol. The van der Waals surface area contributed by atoms with E-state index in [4.69, 9.17) is 4.74 Å². The number of amides is 1. The second-order valence-corrected chi connectivity index (χ2v) is 6.37. The Balaban J connectivity index is 1.48. The van der Waals surface area contributed by atoms with Crippen LogP contribution in [0.4, 0.5) is 4.39 Å². The molecule has 2 atom stereocenters. The first-order valence-electron chi connectivity index (χ1n) is 8.21. The Morgan fingerprint density at radius 1 is 1.21 bits per heavy atom. The Morgan fingerprint density at radius 2 is 2.00 bits per heavy atom. The molecule has 124 valence electrons. The van der Waals surface area contributed by atoms with Gasteiger partial charge >= 0.3 is 0 Å². The number of hydrogen-bond acceptors (Lipinski definition) is 4. The first-order chi connectivity index (χ1) is 11.7. The average Bonchev–Trinajstić information content (AvgIpc) is 2.86. The second-order valence-electron chi connectivity index (χ2n) is 6.37. The van der Waals surface area contributed by atoms with Crippen LogP contribution in [0.25, 0.3) is 0 Å². The Morgan fingerprint density at radius 3 is 2.67 bits per heavy atom. The van der Waals surface area contributed by atoms with Gasteiger partial charge in [-0.25, -0.2) is 9.37 Å². The zero-order valence-corrected chi connectivity index (χ0v) is 13.1. The maximum Gasteiger partial charge on any atom is 0.256 e. The predicted molar refractivity (Wildman–Crippen MR) is 85.1 cm³/mol. The lowest BCUT2D eigenvalue weighted by Crippen LogP contribution is -2.49. The summed E-state index contributed by atoms with van der Waals surface area (Å²) in [7, 11) is 0. The highest BCUT2D eigenvalue weighted by Gasteiger charge is 2.44. The molecule has 6 heteroatoms. The van der Waals surface area contributed by atoms with Crippen LogP contribution in [0.5, 0.6) is 5.88 Å². The van der Waals surface area contributed by atoms with Crippen molar-refractivity contribution >= 4 is 5.91 Å². The number of piperidine rings is 1. The van der Waals surface area contributed by atoms with Crippen LogP contribution in [0, 0.1) is 5.82 Å². The summed E-state index contributed by atoms with van der Waals surface area (Å²) in [6.07, 6.45) is 7.79. The fourth-order valence-corrected chi connectivity index (χ4v) is 3.82. The van der Waals surface area contributed by atoms with Gasteiger partial charge in [-0.15, -0.1) is 0 Å². The fourth-order valence-electron chi connectivity index (χ4n) is 3.82. The molecule has 2 fully saturated rings. The SMILES string of the molecule is O=C(c1cncc(F)c1)N1[C@H]2CC[C@H]1CC(Oc1ccccn1)C2. The first-order valence-corrected chi connectivity index (χ1v) is 8.21. The van der Waals surface area contributed by atoms with Gasteiger partial charge in [-0.2, -0.15) is 0 Å². The minimum absolute atomic E-state index is 0.0621. The Bertz CT molecular complexity index is 726. The zero-order chi connectivity index (χ0) is 16.5. The lowest BCUT2D eigenvalue weighted by Gasteiger charge is -2.38. The van der Waals surface area contributed by atoms with Crippen molar-refractivity contribution in [2.45, 2.75) is 43.9 Å². The van der Waals surface area contributed by atoms with E-state index in [1.807, 2.05) is 23.1 Å². The summed E-state index contributed by atoms with van der Waals surface area (Å²) in [6, 6.07) is 7.11. The molecule has 4 rings (SSSR count). The molecular formula is C18H18FN3O2. The Hall–Kier alpha value is -2.50. The van der Waals surface area contributed by atoms with Gasteiger partial charge in [-0.05, 0) is 25.0 Å². The van der Waals surface area contributed by atoms with Gasteiger partial charge in [0.2, 0.25) is 5.88 Å². The van der Waals surface area contributed by atoms with Gasteiger partial charge in [0.05, 0.1) is 11.8 Å². The van der Waals surface area contributed by atoms with Gasteiger partial charge in [-0.3, -0.25) is 9.78 Å². The molecule has 4 heterocycles. The number of rotatable bonds is 3. The highest BCUT2D eigenvalue weighted by molar-refractivity contribution is 5.94. The molecule has 0 saturated carbocycles. The van der Waals surface area contributed by atoms with Gasteiger partial charge in [0.15, 0.2) is 0 Å². The molecule has 0 aliphatic carbocycles. The van der Waals surface area contributed by atoms with E-state index in [-0.39, 0.29) is 24.1 Å². The molecule has 0 radical (unpaired) electrons. The quantitative estimate of drug-likeness (QED) is 0.870. The first kappa shape index (κ1) is 15.1. The molecule has 2 bridgehead atoms. The summed E-state index contributed by atoms with van der Waals surface area (Å²) in [5.41, 5.74) is 0.316. The summed E-state index contributed by atoms with van der Waals surface area (Å²) in [5.74, 6) is 0.00311. The molecule has 2 saturated heterocycles. The Labute approximate surface area is 139 Å². The third-order valence-electron chi connectivity index (χ3n) is 4.80. The normalized spacial score (nSPS) is 25.5. The van der Waals surface area contributed by atoms with E-state index in [1.54, 1.807) is 6.20 Å². The summed E-state index contributed by atoms with van der Waals surface area (Å²) in [4.78, 5) is 22.6. The van der Waals surface area contributed by atoms with Crippen LogP contribution in [0.1, 0.15) is 36.0 Å². The zero-order valence-electron chi connectivity index (χ0n) is 13.1. The van der Waals surface area contributed by atoms with Crippen molar-refractivity contribution in [1.82, 2.24) is 14.9 Å². The molecule has 2 aromatic rings. The molecule has 0 spiro atoms. The summed E-state index contributed by atoms with van der Waals surface area (Å²) in [6.45, 7) is 0. The number of carbonyl (C=O) groups is 1. The fraction of sp³-hybridized carbons (Fsp3) is 0.389. The maximum absolute atomic E-state index is 13.3. The van der Waals surface area contributed by atoms with Crippen LogP contribution < -0.4 is 4.74 Å². The highest BCUT2D eigenvalue weighted by atomic mass is 19.1. The van der Waals surface area contributed by atoms with E-state index in [0.717, 1.165) is 31.9 Å². The number of aromatic nitrogens is 2. The van der Waals surface area contributed by atoms with Crippen molar-refractivity contribution in [3.63, 3.8) is 0 Å². The lowest BCUT2D eigenvalue weighted by molar-refractivity contribution is 0.0347. The van der Waals surface area contributed by atoms with E-state index in [9.17, 15) is 9.18 Å².